The van der Waals surface area contributed by atoms with Gasteiger partial charge < -0.3 is 15.5 Å². The fraction of sp³-hybridized carbons (Fsp3) is 0.429. The van der Waals surface area contributed by atoms with Gasteiger partial charge in [-0.1, -0.05) is 5.21 Å². The molecule has 3 heterocycles. The lowest BCUT2D eigenvalue weighted by Crippen LogP contribution is -2.43. The zero-order valence-electron chi connectivity index (χ0n) is 12.7. The van der Waals surface area contributed by atoms with Gasteiger partial charge in [-0.25, -0.2) is 4.98 Å². The Hall–Kier alpha value is -2.19. The van der Waals surface area contributed by atoms with Crippen molar-refractivity contribution >= 4 is 29.8 Å². The van der Waals surface area contributed by atoms with Gasteiger partial charge in [-0.05, 0) is 12.1 Å². The van der Waals surface area contributed by atoms with E-state index >= 15 is 0 Å². The van der Waals surface area contributed by atoms with Crippen LogP contribution in [0, 0.1) is 0 Å². The van der Waals surface area contributed by atoms with Gasteiger partial charge in [0, 0.05) is 38.8 Å². The number of pyridine rings is 1. The highest BCUT2D eigenvalue weighted by atomic mass is 35.5. The van der Waals surface area contributed by atoms with Crippen LogP contribution in [0.2, 0.25) is 0 Å². The second-order valence-electron chi connectivity index (χ2n) is 5.10. The Bertz CT molecular complexity index is 596. The van der Waals surface area contributed by atoms with Crippen LogP contribution in [0.4, 0.5) is 11.5 Å². The van der Waals surface area contributed by atoms with Gasteiger partial charge in [0.1, 0.15) is 5.82 Å². The smallest absolute Gasteiger partial charge is 0.227 e. The lowest BCUT2D eigenvalue weighted by atomic mass is 10.3. The molecule has 3 rings (SSSR count). The Morgan fingerprint density at radius 1 is 1.30 bits per heavy atom. The molecule has 1 aliphatic heterocycles. The number of rotatable bonds is 5. The monoisotopic (exact) mass is 337 g/mol. The highest BCUT2D eigenvalue weighted by Crippen LogP contribution is 2.15. The maximum absolute atomic E-state index is 11.9. The zero-order valence-corrected chi connectivity index (χ0v) is 13.5. The number of anilines is 2. The summed E-state index contributed by atoms with van der Waals surface area (Å²) in [6, 6.07) is 3.83. The van der Waals surface area contributed by atoms with Crippen molar-refractivity contribution in [2.24, 2.45) is 0 Å². The van der Waals surface area contributed by atoms with Gasteiger partial charge in [0.2, 0.25) is 5.91 Å². The molecule has 0 spiro atoms. The van der Waals surface area contributed by atoms with Crippen molar-refractivity contribution in [3.63, 3.8) is 0 Å². The van der Waals surface area contributed by atoms with Crippen LogP contribution in [0.15, 0.2) is 30.7 Å². The molecule has 1 saturated heterocycles. The highest BCUT2D eigenvalue weighted by Gasteiger charge is 2.11. The Labute approximate surface area is 140 Å². The molecular weight excluding hydrogens is 318 g/mol. The minimum absolute atomic E-state index is 0. The molecule has 0 radical (unpaired) electrons. The summed E-state index contributed by atoms with van der Waals surface area (Å²) in [5, 5.41) is 13.6. The Morgan fingerprint density at radius 3 is 2.78 bits per heavy atom. The van der Waals surface area contributed by atoms with Crippen LogP contribution in [0.1, 0.15) is 6.42 Å². The average Bonchev–Trinajstić information content (AvgIpc) is 3.08. The molecule has 23 heavy (non-hydrogen) atoms. The summed E-state index contributed by atoms with van der Waals surface area (Å²) in [4.78, 5) is 18.5. The lowest BCUT2D eigenvalue weighted by molar-refractivity contribution is -0.116. The van der Waals surface area contributed by atoms with Crippen molar-refractivity contribution in [1.29, 1.82) is 0 Å². The molecule has 1 aliphatic rings. The van der Waals surface area contributed by atoms with Gasteiger partial charge in [-0.3, -0.25) is 9.48 Å². The van der Waals surface area contributed by atoms with E-state index in [-0.39, 0.29) is 18.3 Å². The summed E-state index contributed by atoms with van der Waals surface area (Å²) >= 11 is 0. The van der Waals surface area contributed by atoms with Crippen molar-refractivity contribution in [2.45, 2.75) is 13.0 Å². The first kappa shape index (κ1) is 17.2. The SMILES string of the molecule is Cl.O=C(CCn1ccnn1)Nc1ccc(N2CCNCC2)cn1. The third-order valence-corrected chi connectivity index (χ3v) is 3.54. The predicted octanol–water partition coefficient (Wildman–Crippen LogP) is 0.533. The van der Waals surface area contributed by atoms with Gasteiger partial charge >= 0.3 is 0 Å². The Morgan fingerprint density at radius 2 is 2.13 bits per heavy atom. The normalized spacial score (nSPS) is 14.2. The molecule has 2 aromatic rings. The molecule has 124 valence electrons. The molecule has 2 aromatic heterocycles. The summed E-state index contributed by atoms with van der Waals surface area (Å²) in [5.41, 5.74) is 1.09. The zero-order chi connectivity index (χ0) is 15.2. The minimum Gasteiger partial charge on any atom is -0.368 e. The largest absolute Gasteiger partial charge is 0.368 e. The number of halogens is 1. The number of nitrogens with zero attached hydrogens (tertiary/aromatic N) is 5. The van der Waals surface area contributed by atoms with E-state index in [4.69, 9.17) is 0 Å². The van der Waals surface area contributed by atoms with Crippen LogP contribution in [0.25, 0.3) is 0 Å². The van der Waals surface area contributed by atoms with Crippen molar-refractivity contribution in [3.05, 3.63) is 30.7 Å². The second-order valence-corrected chi connectivity index (χ2v) is 5.10. The topological polar surface area (TPSA) is 88.0 Å². The van der Waals surface area contributed by atoms with Crippen LogP contribution >= 0.6 is 12.4 Å². The molecular formula is C14H20ClN7O. The van der Waals surface area contributed by atoms with Crippen molar-refractivity contribution in [3.8, 4) is 0 Å². The molecule has 0 saturated carbocycles. The van der Waals surface area contributed by atoms with Gasteiger partial charge in [-0.15, -0.1) is 17.5 Å². The maximum Gasteiger partial charge on any atom is 0.227 e. The third-order valence-electron chi connectivity index (χ3n) is 3.54. The van der Waals surface area contributed by atoms with E-state index in [1.54, 1.807) is 23.3 Å². The third kappa shape index (κ3) is 4.90. The van der Waals surface area contributed by atoms with E-state index in [2.05, 4.69) is 30.8 Å². The molecule has 0 bridgehead atoms. The molecule has 0 aliphatic carbocycles. The number of piperazine rings is 1. The number of nitrogens with one attached hydrogen (secondary N) is 2. The van der Waals surface area contributed by atoms with Crippen LogP contribution in [0.5, 0.6) is 0 Å². The summed E-state index contributed by atoms with van der Waals surface area (Å²) in [6.07, 6.45) is 5.46. The summed E-state index contributed by atoms with van der Waals surface area (Å²) in [5.74, 6) is 0.486. The minimum atomic E-state index is -0.0853. The first-order valence-electron chi connectivity index (χ1n) is 7.37. The van der Waals surface area contributed by atoms with Gasteiger partial charge in [0.15, 0.2) is 0 Å². The molecule has 9 heteroatoms. The summed E-state index contributed by atoms with van der Waals surface area (Å²) in [7, 11) is 0. The van der Waals surface area contributed by atoms with E-state index in [1.165, 1.54) is 0 Å². The Kier molecular flexibility index (Phi) is 6.30. The second kappa shape index (κ2) is 8.44. The summed E-state index contributed by atoms with van der Waals surface area (Å²) in [6.45, 7) is 4.43. The number of aromatic nitrogens is 4. The molecule has 1 amide bonds. The number of hydrogen-bond acceptors (Lipinski definition) is 6. The molecule has 1 fully saturated rings. The van der Waals surface area contributed by atoms with Gasteiger partial charge in [-0.2, -0.15) is 0 Å². The van der Waals surface area contributed by atoms with Crippen molar-refractivity contribution in [2.75, 3.05) is 36.4 Å². The number of aryl methyl sites for hydroxylation is 1. The van der Waals surface area contributed by atoms with E-state index in [9.17, 15) is 4.79 Å². The van der Waals surface area contributed by atoms with Crippen LogP contribution < -0.4 is 15.5 Å². The number of amides is 1. The van der Waals surface area contributed by atoms with E-state index in [1.807, 2.05) is 12.1 Å². The van der Waals surface area contributed by atoms with Gasteiger partial charge in [0.05, 0.1) is 24.6 Å². The van der Waals surface area contributed by atoms with Crippen molar-refractivity contribution < 1.29 is 4.79 Å². The molecule has 0 atom stereocenters. The van der Waals surface area contributed by atoms with E-state index in [0.717, 1.165) is 31.9 Å². The standard InChI is InChI=1S/C14H19N7O.ClH/c22-14(3-7-21-10-6-17-19-21)18-13-2-1-12(11-16-13)20-8-4-15-5-9-20;/h1-2,6,10-11,15H,3-5,7-9H2,(H,16,18,22);1H. The van der Waals surface area contributed by atoms with Crippen LogP contribution in [-0.2, 0) is 11.3 Å². The number of hydrogen-bond donors (Lipinski definition) is 2. The fourth-order valence-electron chi connectivity index (χ4n) is 2.34. The van der Waals surface area contributed by atoms with Crippen LogP contribution in [0.3, 0.4) is 0 Å². The fourth-order valence-corrected chi connectivity index (χ4v) is 2.34. The highest BCUT2D eigenvalue weighted by molar-refractivity contribution is 5.89. The maximum atomic E-state index is 11.9. The first-order valence-corrected chi connectivity index (χ1v) is 7.37. The molecule has 0 aromatic carbocycles. The molecule has 0 unspecified atom stereocenters. The van der Waals surface area contributed by atoms with E-state index < -0.39 is 0 Å². The number of carbonyl (C=O) groups excluding carboxylic acids is 1. The predicted molar refractivity (Wildman–Crippen MR) is 89.8 cm³/mol. The summed E-state index contributed by atoms with van der Waals surface area (Å²) < 4.78 is 1.63. The quantitative estimate of drug-likeness (QED) is 0.827. The van der Waals surface area contributed by atoms with E-state index in [0.29, 0.717) is 18.8 Å². The first-order chi connectivity index (χ1) is 10.8. The lowest BCUT2D eigenvalue weighted by Gasteiger charge is -2.29. The average molecular weight is 338 g/mol. The Balaban J connectivity index is 0.00000192. The molecule has 2 N–H and O–H groups in total. The van der Waals surface area contributed by atoms with Gasteiger partial charge in [0.25, 0.3) is 0 Å². The molecule has 8 nitrogen and oxygen atoms in total. The van der Waals surface area contributed by atoms with Crippen LogP contribution in [-0.4, -0.2) is 52.1 Å². The number of carbonyl (C=O) groups is 1. The van der Waals surface area contributed by atoms with Crippen molar-refractivity contribution in [1.82, 2.24) is 25.3 Å².